The molecule has 17 heavy (non-hydrogen) atoms. The number of aromatic nitrogens is 4. The Hall–Kier alpha value is -1.74. The number of unbranched alkanes of at least 4 members (excludes halogenated alkanes) is 1. The third-order valence-corrected chi connectivity index (χ3v) is 2.73. The third-order valence-electron chi connectivity index (χ3n) is 2.20. The zero-order valence-electron chi connectivity index (χ0n) is 9.04. The van der Waals surface area contributed by atoms with Crippen LogP contribution in [0.3, 0.4) is 0 Å². The molecule has 0 saturated carbocycles. The van der Waals surface area contributed by atoms with Gasteiger partial charge in [0.2, 0.25) is 5.82 Å². The van der Waals surface area contributed by atoms with Gasteiger partial charge in [0.15, 0.2) is 0 Å². The van der Waals surface area contributed by atoms with Gasteiger partial charge in [0.05, 0.1) is 12.6 Å². The summed E-state index contributed by atoms with van der Waals surface area (Å²) in [5, 5.41) is 20.6. The minimum atomic E-state index is 0.509. The molecule has 0 amide bonds. The first-order valence-electron chi connectivity index (χ1n) is 5.20. The van der Waals surface area contributed by atoms with Gasteiger partial charge in [0.1, 0.15) is 0 Å². The maximum absolute atomic E-state index is 8.43. The molecule has 5 nitrogen and oxygen atoms in total. The topological polar surface area (TPSA) is 67.4 Å². The Bertz CT molecular complexity index is 526. The van der Waals surface area contributed by atoms with Crippen LogP contribution in [-0.2, 0) is 6.54 Å². The summed E-state index contributed by atoms with van der Waals surface area (Å²) in [6.45, 7) is 0.622. The van der Waals surface area contributed by atoms with Crippen LogP contribution in [-0.4, -0.2) is 20.2 Å². The highest BCUT2D eigenvalue weighted by molar-refractivity contribution is 9.10. The third kappa shape index (κ3) is 3.11. The summed E-state index contributed by atoms with van der Waals surface area (Å²) >= 11 is 3.37. The fourth-order valence-corrected chi connectivity index (χ4v) is 1.62. The van der Waals surface area contributed by atoms with Crippen molar-refractivity contribution in [1.82, 2.24) is 20.2 Å². The number of rotatable bonds is 4. The fourth-order valence-electron chi connectivity index (χ4n) is 1.35. The summed E-state index contributed by atoms with van der Waals surface area (Å²) in [7, 11) is 0. The fraction of sp³-hybridized carbons (Fsp3) is 0.273. The van der Waals surface area contributed by atoms with Crippen LogP contribution in [0.4, 0.5) is 0 Å². The Balaban J connectivity index is 2.08. The van der Waals surface area contributed by atoms with Crippen LogP contribution in [0.5, 0.6) is 0 Å². The van der Waals surface area contributed by atoms with Crippen molar-refractivity contribution >= 4 is 15.9 Å². The van der Waals surface area contributed by atoms with E-state index in [4.69, 9.17) is 5.26 Å². The van der Waals surface area contributed by atoms with Gasteiger partial charge in [-0.15, -0.1) is 10.2 Å². The van der Waals surface area contributed by atoms with E-state index >= 15 is 0 Å². The monoisotopic (exact) mass is 291 g/mol. The summed E-state index contributed by atoms with van der Waals surface area (Å²) in [6, 6.07) is 9.82. The molecule has 1 aromatic heterocycles. The Morgan fingerprint density at radius 1 is 1.29 bits per heavy atom. The lowest BCUT2D eigenvalue weighted by Crippen LogP contribution is -2.02. The molecule has 0 radical (unpaired) electrons. The lowest BCUT2D eigenvalue weighted by molar-refractivity contribution is 0.504. The van der Waals surface area contributed by atoms with Crippen molar-refractivity contribution in [3.05, 3.63) is 28.7 Å². The van der Waals surface area contributed by atoms with Gasteiger partial charge in [-0.25, -0.2) is 0 Å². The molecule has 2 aromatic rings. The lowest BCUT2D eigenvalue weighted by Gasteiger charge is -1.95. The van der Waals surface area contributed by atoms with E-state index in [9.17, 15) is 0 Å². The highest BCUT2D eigenvalue weighted by Gasteiger charge is 2.05. The maximum atomic E-state index is 8.43. The molecule has 0 saturated heterocycles. The number of hydrogen-bond donors (Lipinski definition) is 0. The van der Waals surface area contributed by atoms with Crippen LogP contribution in [0.25, 0.3) is 11.4 Å². The first-order valence-corrected chi connectivity index (χ1v) is 5.99. The van der Waals surface area contributed by atoms with Crippen LogP contribution in [0.2, 0.25) is 0 Å². The Labute approximate surface area is 107 Å². The molecule has 0 N–H and O–H groups in total. The predicted molar refractivity (Wildman–Crippen MR) is 65.8 cm³/mol. The van der Waals surface area contributed by atoms with Crippen molar-refractivity contribution in [3.63, 3.8) is 0 Å². The molecule has 0 spiro atoms. The van der Waals surface area contributed by atoms with Gasteiger partial charge in [-0.2, -0.15) is 10.1 Å². The largest absolute Gasteiger partial charge is 0.204 e. The number of halogens is 1. The maximum Gasteiger partial charge on any atom is 0.204 e. The van der Waals surface area contributed by atoms with Gasteiger partial charge in [-0.1, -0.05) is 15.9 Å². The van der Waals surface area contributed by atoms with Gasteiger partial charge in [-0.3, -0.25) is 0 Å². The summed E-state index contributed by atoms with van der Waals surface area (Å²) in [4.78, 5) is 1.52. The number of hydrogen-bond acceptors (Lipinski definition) is 4. The SMILES string of the molecule is N#CCCCn1nnc(-c2ccc(Br)cc2)n1. The standard InChI is InChI=1S/C11H10BrN5/c12-10-5-3-9(4-6-10)11-14-16-17(15-11)8-2-1-7-13/h3-6H,1-2,8H2. The van der Waals surface area contributed by atoms with Crippen molar-refractivity contribution in [2.24, 2.45) is 0 Å². The number of aryl methyl sites for hydroxylation is 1. The first-order chi connectivity index (χ1) is 8.29. The van der Waals surface area contributed by atoms with E-state index in [0.29, 0.717) is 18.8 Å². The molecule has 0 atom stereocenters. The second kappa shape index (κ2) is 5.55. The molecular weight excluding hydrogens is 282 g/mol. The second-order valence-corrected chi connectivity index (χ2v) is 4.39. The molecule has 86 valence electrons. The Kier molecular flexibility index (Phi) is 3.83. The van der Waals surface area contributed by atoms with E-state index < -0.39 is 0 Å². The van der Waals surface area contributed by atoms with Gasteiger partial charge in [-0.05, 0) is 35.9 Å². The minimum Gasteiger partial charge on any atom is -0.198 e. The van der Waals surface area contributed by atoms with Crippen LogP contribution >= 0.6 is 15.9 Å². The average molecular weight is 292 g/mol. The van der Waals surface area contributed by atoms with Gasteiger partial charge >= 0.3 is 0 Å². The predicted octanol–water partition coefficient (Wildman–Crippen LogP) is 2.41. The molecule has 2 rings (SSSR count). The number of nitrogens with zero attached hydrogens (tertiary/aromatic N) is 5. The highest BCUT2D eigenvalue weighted by atomic mass is 79.9. The number of nitriles is 1. The Morgan fingerprint density at radius 2 is 2.06 bits per heavy atom. The van der Waals surface area contributed by atoms with Crippen molar-refractivity contribution in [2.45, 2.75) is 19.4 Å². The zero-order valence-corrected chi connectivity index (χ0v) is 10.6. The van der Waals surface area contributed by atoms with Crippen LogP contribution in [0.15, 0.2) is 28.7 Å². The van der Waals surface area contributed by atoms with Crippen molar-refractivity contribution < 1.29 is 0 Å². The molecule has 0 aliphatic carbocycles. The van der Waals surface area contributed by atoms with E-state index in [-0.39, 0.29) is 0 Å². The molecule has 0 unspecified atom stereocenters. The quantitative estimate of drug-likeness (QED) is 0.811. The zero-order chi connectivity index (χ0) is 12.1. The molecule has 6 heteroatoms. The summed E-state index contributed by atoms with van der Waals surface area (Å²) in [5.41, 5.74) is 0.930. The van der Waals surface area contributed by atoms with Gasteiger partial charge in [0, 0.05) is 16.5 Å². The van der Waals surface area contributed by atoms with E-state index in [1.165, 1.54) is 4.80 Å². The second-order valence-electron chi connectivity index (χ2n) is 3.48. The normalized spacial score (nSPS) is 10.1. The van der Waals surface area contributed by atoms with E-state index in [1.54, 1.807) is 0 Å². The Morgan fingerprint density at radius 3 is 2.76 bits per heavy atom. The molecule has 1 aromatic carbocycles. The van der Waals surface area contributed by atoms with Gasteiger partial charge in [0.25, 0.3) is 0 Å². The molecule has 0 fully saturated rings. The summed E-state index contributed by atoms with van der Waals surface area (Å²) in [6.07, 6.45) is 1.25. The van der Waals surface area contributed by atoms with Crippen LogP contribution in [0, 0.1) is 11.3 Å². The van der Waals surface area contributed by atoms with E-state index in [2.05, 4.69) is 37.4 Å². The van der Waals surface area contributed by atoms with Crippen LogP contribution < -0.4 is 0 Å². The lowest BCUT2D eigenvalue weighted by atomic mass is 10.2. The summed E-state index contributed by atoms with van der Waals surface area (Å²) < 4.78 is 1.02. The average Bonchev–Trinajstić information content (AvgIpc) is 2.79. The van der Waals surface area contributed by atoms with Crippen LogP contribution in [0.1, 0.15) is 12.8 Å². The molecular formula is C11H10BrN5. The van der Waals surface area contributed by atoms with Crippen molar-refractivity contribution in [3.8, 4) is 17.5 Å². The van der Waals surface area contributed by atoms with E-state index in [1.807, 2.05) is 24.3 Å². The number of benzene rings is 1. The molecule has 0 aliphatic rings. The van der Waals surface area contributed by atoms with E-state index in [0.717, 1.165) is 16.5 Å². The van der Waals surface area contributed by atoms with Crippen molar-refractivity contribution in [1.29, 1.82) is 5.26 Å². The summed E-state index contributed by atoms with van der Waals surface area (Å²) in [5.74, 6) is 0.606. The van der Waals surface area contributed by atoms with Crippen molar-refractivity contribution in [2.75, 3.05) is 0 Å². The first kappa shape index (κ1) is 11.7. The highest BCUT2D eigenvalue weighted by Crippen LogP contribution is 2.17. The van der Waals surface area contributed by atoms with Gasteiger partial charge < -0.3 is 0 Å². The number of tetrazole rings is 1. The molecule has 1 heterocycles. The molecule has 0 bridgehead atoms. The minimum absolute atomic E-state index is 0.509. The smallest absolute Gasteiger partial charge is 0.198 e. The molecule has 0 aliphatic heterocycles.